The Bertz CT molecular complexity index is 722. The molecule has 1 unspecified atom stereocenters. The van der Waals surface area contributed by atoms with Crippen LogP contribution in [-0.2, 0) is 4.79 Å². The van der Waals surface area contributed by atoms with Gasteiger partial charge in [0.15, 0.2) is 0 Å². The first-order chi connectivity index (χ1) is 10.0. The number of hydrogen-bond donors (Lipinski definition) is 3. The van der Waals surface area contributed by atoms with Gasteiger partial charge >= 0.3 is 5.97 Å². The van der Waals surface area contributed by atoms with E-state index in [1.54, 1.807) is 18.0 Å². The van der Waals surface area contributed by atoms with E-state index in [-0.39, 0.29) is 5.91 Å². The van der Waals surface area contributed by atoms with Gasteiger partial charge in [0.2, 0.25) is 0 Å². The first-order valence-electron chi connectivity index (χ1n) is 6.43. The van der Waals surface area contributed by atoms with Crippen LogP contribution in [0.2, 0.25) is 0 Å². The number of thioether (sulfide) groups is 1. The number of aromatic amines is 1. The second-order valence-corrected chi connectivity index (χ2v) is 6.97. The zero-order valence-electron chi connectivity index (χ0n) is 11.0. The van der Waals surface area contributed by atoms with Crippen LogP contribution in [0.3, 0.4) is 0 Å². The number of amides is 1. The second kappa shape index (κ2) is 5.38. The number of H-pyrrole nitrogens is 1. The number of halogens is 1. The van der Waals surface area contributed by atoms with Crippen LogP contribution in [0.1, 0.15) is 16.8 Å². The number of hydrogen-bond acceptors (Lipinski definition) is 3. The molecule has 1 saturated heterocycles. The van der Waals surface area contributed by atoms with Gasteiger partial charge in [0, 0.05) is 27.3 Å². The molecule has 0 saturated carbocycles. The third kappa shape index (κ3) is 2.44. The monoisotopic (exact) mass is 368 g/mol. The van der Waals surface area contributed by atoms with Gasteiger partial charge in [-0.3, -0.25) is 4.79 Å². The highest BCUT2D eigenvalue weighted by atomic mass is 79.9. The molecule has 1 aliphatic rings. The summed E-state index contributed by atoms with van der Waals surface area (Å²) in [6.45, 7) is 0. The number of fused-ring (bicyclic) bond motifs is 1. The molecule has 1 atom stereocenters. The highest BCUT2D eigenvalue weighted by Crippen LogP contribution is 2.31. The standard InChI is InChI=1S/C14H13BrN2O3S/c15-9-2-1-3-10-11(9)8(6-16-10)12(18)17-14(13(19)20)4-5-21-7-14/h1-3,6,16H,4-5,7H2,(H,17,18)(H,19,20). The maximum Gasteiger partial charge on any atom is 0.330 e. The molecule has 2 aromatic rings. The van der Waals surface area contributed by atoms with Crippen molar-refractivity contribution in [3.05, 3.63) is 34.4 Å². The van der Waals surface area contributed by atoms with Crippen molar-refractivity contribution in [2.75, 3.05) is 11.5 Å². The molecule has 0 spiro atoms. The van der Waals surface area contributed by atoms with Gasteiger partial charge in [0.05, 0.1) is 5.56 Å². The van der Waals surface area contributed by atoms with Gasteiger partial charge < -0.3 is 15.4 Å². The Hall–Kier alpha value is -1.47. The number of carboxylic acid groups (broad SMARTS) is 1. The summed E-state index contributed by atoms with van der Waals surface area (Å²) in [5.41, 5.74) is 0.127. The quantitative estimate of drug-likeness (QED) is 0.777. The minimum Gasteiger partial charge on any atom is -0.479 e. The lowest BCUT2D eigenvalue weighted by Gasteiger charge is -2.24. The van der Waals surface area contributed by atoms with E-state index in [4.69, 9.17) is 0 Å². The number of aliphatic carboxylic acids is 1. The number of benzene rings is 1. The van der Waals surface area contributed by atoms with E-state index < -0.39 is 11.5 Å². The van der Waals surface area contributed by atoms with Crippen LogP contribution in [0.5, 0.6) is 0 Å². The Labute approximate surface area is 133 Å². The predicted molar refractivity (Wildman–Crippen MR) is 85.8 cm³/mol. The number of carbonyl (C=O) groups excluding carboxylic acids is 1. The molecule has 1 aromatic carbocycles. The van der Waals surface area contributed by atoms with E-state index in [0.29, 0.717) is 17.7 Å². The average molecular weight is 369 g/mol. The highest BCUT2D eigenvalue weighted by Gasteiger charge is 2.43. The van der Waals surface area contributed by atoms with Crippen LogP contribution >= 0.6 is 27.7 Å². The molecule has 1 amide bonds. The van der Waals surface area contributed by atoms with E-state index in [2.05, 4.69) is 26.2 Å². The summed E-state index contributed by atoms with van der Waals surface area (Å²) in [5, 5.41) is 12.9. The van der Waals surface area contributed by atoms with Gasteiger partial charge in [0.25, 0.3) is 5.91 Å². The zero-order valence-corrected chi connectivity index (χ0v) is 13.4. The minimum atomic E-state index is -1.16. The second-order valence-electron chi connectivity index (χ2n) is 5.01. The summed E-state index contributed by atoms with van der Waals surface area (Å²) in [4.78, 5) is 27.1. The summed E-state index contributed by atoms with van der Waals surface area (Å²) < 4.78 is 0.802. The molecule has 0 bridgehead atoms. The number of nitrogens with one attached hydrogen (secondary N) is 2. The summed E-state index contributed by atoms with van der Waals surface area (Å²) in [7, 11) is 0. The first-order valence-corrected chi connectivity index (χ1v) is 8.37. The molecule has 1 fully saturated rings. The van der Waals surface area contributed by atoms with Crippen LogP contribution in [0.4, 0.5) is 0 Å². The molecule has 0 radical (unpaired) electrons. The highest BCUT2D eigenvalue weighted by molar-refractivity contribution is 9.10. The zero-order chi connectivity index (χ0) is 15.0. The Balaban J connectivity index is 1.96. The molecule has 5 nitrogen and oxygen atoms in total. The molecule has 1 aliphatic heterocycles. The van der Waals surface area contributed by atoms with Gasteiger partial charge in [-0.25, -0.2) is 4.79 Å². The minimum absolute atomic E-state index is 0.363. The average Bonchev–Trinajstić information content (AvgIpc) is 3.06. The van der Waals surface area contributed by atoms with Crippen molar-refractivity contribution < 1.29 is 14.7 Å². The van der Waals surface area contributed by atoms with E-state index >= 15 is 0 Å². The molecule has 21 heavy (non-hydrogen) atoms. The molecular formula is C14H13BrN2O3S. The molecule has 110 valence electrons. The maximum absolute atomic E-state index is 12.5. The van der Waals surface area contributed by atoms with Crippen LogP contribution < -0.4 is 5.32 Å². The fourth-order valence-electron chi connectivity index (χ4n) is 2.49. The summed E-state index contributed by atoms with van der Waals surface area (Å²) in [5.74, 6) is -0.195. The van der Waals surface area contributed by atoms with Gasteiger partial charge in [-0.05, 0) is 24.3 Å². The Kier molecular flexibility index (Phi) is 3.71. The third-order valence-electron chi connectivity index (χ3n) is 3.68. The Morgan fingerprint density at radius 3 is 2.90 bits per heavy atom. The first kappa shape index (κ1) is 14.5. The lowest BCUT2D eigenvalue weighted by Crippen LogP contribution is -2.54. The topological polar surface area (TPSA) is 82.2 Å². The van der Waals surface area contributed by atoms with E-state index in [0.717, 1.165) is 21.1 Å². The number of aromatic nitrogens is 1. The van der Waals surface area contributed by atoms with Gasteiger partial charge in [-0.1, -0.05) is 22.0 Å². The van der Waals surface area contributed by atoms with Crippen molar-refractivity contribution in [2.24, 2.45) is 0 Å². The largest absolute Gasteiger partial charge is 0.479 e. The van der Waals surface area contributed by atoms with Crippen LogP contribution in [0, 0.1) is 0 Å². The van der Waals surface area contributed by atoms with Crippen LogP contribution in [-0.4, -0.2) is 39.0 Å². The SMILES string of the molecule is O=C(NC1(C(=O)O)CCSC1)c1c[nH]c2cccc(Br)c12. The van der Waals surface area contributed by atoms with E-state index in [1.807, 2.05) is 18.2 Å². The van der Waals surface area contributed by atoms with Gasteiger partial charge in [-0.15, -0.1) is 0 Å². The summed E-state index contributed by atoms with van der Waals surface area (Å²) >= 11 is 4.97. The van der Waals surface area contributed by atoms with Crippen molar-refractivity contribution in [3.8, 4) is 0 Å². The van der Waals surface area contributed by atoms with Crippen molar-refractivity contribution in [3.63, 3.8) is 0 Å². The Morgan fingerprint density at radius 1 is 1.43 bits per heavy atom. The molecule has 2 heterocycles. The number of rotatable bonds is 3. The fraction of sp³-hybridized carbons (Fsp3) is 0.286. The van der Waals surface area contributed by atoms with Gasteiger partial charge in [0.1, 0.15) is 5.54 Å². The summed E-state index contributed by atoms with van der Waals surface area (Å²) in [6, 6.07) is 5.59. The lowest BCUT2D eigenvalue weighted by molar-refractivity contribution is -0.143. The molecule has 1 aromatic heterocycles. The number of carboxylic acids is 1. The van der Waals surface area contributed by atoms with Crippen molar-refractivity contribution in [1.82, 2.24) is 10.3 Å². The number of carbonyl (C=O) groups is 2. The maximum atomic E-state index is 12.5. The Morgan fingerprint density at radius 2 is 2.24 bits per heavy atom. The fourth-order valence-corrected chi connectivity index (χ4v) is 4.40. The smallest absolute Gasteiger partial charge is 0.330 e. The summed E-state index contributed by atoms with van der Waals surface area (Å²) in [6.07, 6.45) is 2.06. The normalized spacial score (nSPS) is 21.6. The molecule has 3 N–H and O–H groups in total. The van der Waals surface area contributed by atoms with Crippen molar-refractivity contribution in [1.29, 1.82) is 0 Å². The third-order valence-corrected chi connectivity index (χ3v) is 5.53. The van der Waals surface area contributed by atoms with Gasteiger partial charge in [-0.2, -0.15) is 11.8 Å². The van der Waals surface area contributed by atoms with Crippen molar-refractivity contribution >= 4 is 50.5 Å². The van der Waals surface area contributed by atoms with E-state index in [1.165, 1.54) is 0 Å². The molecule has 3 rings (SSSR count). The van der Waals surface area contributed by atoms with Crippen LogP contribution in [0.15, 0.2) is 28.9 Å². The lowest BCUT2D eigenvalue weighted by atomic mass is 9.98. The van der Waals surface area contributed by atoms with Crippen LogP contribution in [0.25, 0.3) is 10.9 Å². The van der Waals surface area contributed by atoms with Crippen molar-refractivity contribution in [2.45, 2.75) is 12.0 Å². The molecule has 7 heteroatoms. The predicted octanol–water partition coefficient (Wildman–Crippen LogP) is 2.62. The van der Waals surface area contributed by atoms with E-state index in [9.17, 15) is 14.7 Å². The molecule has 0 aliphatic carbocycles. The molecular weight excluding hydrogens is 356 g/mol.